The van der Waals surface area contributed by atoms with Crippen molar-refractivity contribution in [2.45, 2.75) is 25.3 Å². The van der Waals surface area contributed by atoms with E-state index >= 15 is 0 Å². The zero-order chi connectivity index (χ0) is 19.3. The standard InChI is InChI=1S/C18H20F3N3O3/c19-18(20,21)16-5-7-22-23-17(16)27-15-6-8-24(11-15)9-10-26-14-3-1-13(12-25)2-4-14/h1-5,7,15,25H,6,8-12H2. The van der Waals surface area contributed by atoms with Crippen molar-refractivity contribution in [2.24, 2.45) is 0 Å². The third-order valence-electron chi connectivity index (χ3n) is 4.28. The van der Waals surface area contributed by atoms with Crippen LogP contribution in [0.25, 0.3) is 0 Å². The van der Waals surface area contributed by atoms with E-state index in [2.05, 4.69) is 15.1 Å². The van der Waals surface area contributed by atoms with Crippen LogP contribution in [0.2, 0.25) is 0 Å². The molecule has 27 heavy (non-hydrogen) atoms. The minimum atomic E-state index is -4.52. The van der Waals surface area contributed by atoms with E-state index in [9.17, 15) is 13.2 Å². The van der Waals surface area contributed by atoms with Gasteiger partial charge in [0.1, 0.15) is 24.0 Å². The summed E-state index contributed by atoms with van der Waals surface area (Å²) in [5.74, 6) is 0.227. The van der Waals surface area contributed by atoms with Gasteiger partial charge in [-0.3, -0.25) is 4.90 Å². The van der Waals surface area contributed by atoms with Crippen LogP contribution in [0.5, 0.6) is 11.6 Å². The molecule has 1 saturated heterocycles. The Balaban J connectivity index is 1.46. The highest BCUT2D eigenvalue weighted by atomic mass is 19.4. The summed E-state index contributed by atoms with van der Waals surface area (Å²) in [6.45, 7) is 2.27. The van der Waals surface area contributed by atoms with Crippen molar-refractivity contribution < 1.29 is 27.8 Å². The van der Waals surface area contributed by atoms with E-state index in [4.69, 9.17) is 14.6 Å². The van der Waals surface area contributed by atoms with Crippen molar-refractivity contribution in [3.63, 3.8) is 0 Å². The Labute approximate surface area is 154 Å². The Morgan fingerprint density at radius 1 is 1.19 bits per heavy atom. The summed E-state index contributed by atoms with van der Waals surface area (Å²) in [7, 11) is 0. The highest BCUT2D eigenvalue weighted by molar-refractivity contribution is 5.27. The zero-order valence-electron chi connectivity index (χ0n) is 14.5. The number of halogens is 3. The van der Waals surface area contributed by atoms with Crippen molar-refractivity contribution in [2.75, 3.05) is 26.2 Å². The first-order chi connectivity index (χ1) is 13.0. The number of rotatable bonds is 7. The largest absolute Gasteiger partial charge is 0.492 e. The van der Waals surface area contributed by atoms with E-state index in [1.807, 2.05) is 0 Å². The highest BCUT2D eigenvalue weighted by Gasteiger charge is 2.36. The number of benzene rings is 1. The lowest BCUT2D eigenvalue weighted by molar-refractivity contribution is -0.139. The van der Waals surface area contributed by atoms with Gasteiger partial charge in [-0.1, -0.05) is 12.1 Å². The van der Waals surface area contributed by atoms with E-state index in [1.165, 1.54) is 0 Å². The van der Waals surface area contributed by atoms with Crippen LogP contribution >= 0.6 is 0 Å². The summed E-state index contributed by atoms with van der Waals surface area (Å²) in [5, 5.41) is 16.0. The van der Waals surface area contributed by atoms with Crippen molar-refractivity contribution in [3.05, 3.63) is 47.7 Å². The number of ether oxygens (including phenoxy) is 2. The third-order valence-corrected chi connectivity index (χ3v) is 4.28. The number of likely N-dealkylation sites (tertiary alicyclic amines) is 1. The molecule has 1 aromatic carbocycles. The van der Waals surface area contributed by atoms with Gasteiger partial charge >= 0.3 is 6.18 Å². The second-order valence-corrected chi connectivity index (χ2v) is 6.23. The molecule has 1 aliphatic rings. The quantitative estimate of drug-likeness (QED) is 0.793. The number of aliphatic hydroxyl groups excluding tert-OH is 1. The average molecular weight is 383 g/mol. The Morgan fingerprint density at radius 2 is 1.96 bits per heavy atom. The molecule has 1 unspecified atom stereocenters. The maximum atomic E-state index is 13.0. The molecule has 6 nitrogen and oxygen atoms in total. The van der Waals surface area contributed by atoms with Crippen LogP contribution in [0.15, 0.2) is 36.5 Å². The first-order valence-electron chi connectivity index (χ1n) is 8.56. The van der Waals surface area contributed by atoms with Gasteiger partial charge in [-0.25, -0.2) is 0 Å². The van der Waals surface area contributed by atoms with Gasteiger partial charge in [-0.05, 0) is 30.2 Å². The summed E-state index contributed by atoms with van der Waals surface area (Å²) >= 11 is 0. The van der Waals surface area contributed by atoms with Gasteiger partial charge in [-0.2, -0.15) is 18.3 Å². The van der Waals surface area contributed by atoms with Crippen LogP contribution in [0.3, 0.4) is 0 Å². The summed E-state index contributed by atoms with van der Waals surface area (Å²) < 4.78 is 50.1. The SMILES string of the molecule is OCc1ccc(OCCN2CCC(Oc3nnccc3C(F)(F)F)C2)cc1. The van der Waals surface area contributed by atoms with Crippen LogP contribution in [-0.2, 0) is 12.8 Å². The van der Waals surface area contributed by atoms with Gasteiger partial charge in [-0.15, -0.1) is 5.10 Å². The van der Waals surface area contributed by atoms with Gasteiger partial charge in [0, 0.05) is 19.6 Å². The van der Waals surface area contributed by atoms with Gasteiger partial charge in [0.2, 0.25) is 5.88 Å². The fourth-order valence-corrected chi connectivity index (χ4v) is 2.86. The number of alkyl halides is 3. The first-order valence-corrected chi connectivity index (χ1v) is 8.56. The maximum Gasteiger partial charge on any atom is 0.421 e. The number of aromatic nitrogens is 2. The molecule has 3 rings (SSSR count). The van der Waals surface area contributed by atoms with Crippen molar-refractivity contribution in [3.8, 4) is 11.6 Å². The van der Waals surface area contributed by atoms with Gasteiger partial charge in [0.05, 0.1) is 12.8 Å². The summed E-state index contributed by atoms with van der Waals surface area (Å²) in [6, 6.07) is 8.01. The number of hydrogen-bond acceptors (Lipinski definition) is 6. The van der Waals surface area contributed by atoms with Crippen LogP contribution < -0.4 is 9.47 Å². The van der Waals surface area contributed by atoms with Crippen LogP contribution in [0, 0.1) is 0 Å². The van der Waals surface area contributed by atoms with Crippen LogP contribution in [-0.4, -0.2) is 52.5 Å². The average Bonchev–Trinajstić information content (AvgIpc) is 3.09. The molecule has 1 fully saturated rings. The van der Waals surface area contributed by atoms with Crippen molar-refractivity contribution in [1.29, 1.82) is 0 Å². The van der Waals surface area contributed by atoms with Gasteiger partial charge < -0.3 is 14.6 Å². The molecule has 9 heteroatoms. The summed E-state index contributed by atoms with van der Waals surface area (Å²) in [5.41, 5.74) is -0.102. The maximum absolute atomic E-state index is 13.0. The lowest BCUT2D eigenvalue weighted by atomic mass is 10.2. The second-order valence-electron chi connectivity index (χ2n) is 6.23. The Kier molecular flexibility index (Phi) is 6.12. The lowest BCUT2D eigenvalue weighted by Crippen LogP contribution is -2.29. The van der Waals surface area contributed by atoms with Crippen molar-refractivity contribution >= 4 is 0 Å². The molecule has 146 valence electrons. The Morgan fingerprint density at radius 3 is 2.67 bits per heavy atom. The number of hydrogen-bond donors (Lipinski definition) is 1. The van der Waals surface area contributed by atoms with Crippen LogP contribution in [0.4, 0.5) is 13.2 Å². The minimum Gasteiger partial charge on any atom is -0.492 e. The summed E-state index contributed by atoms with van der Waals surface area (Å²) in [6.07, 6.45) is -3.28. The predicted octanol–water partition coefficient (Wildman–Crippen LogP) is 2.52. The van der Waals surface area contributed by atoms with Crippen LogP contribution in [0.1, 0.15) is 17.5 Å². The van der Waals surface area contributed by atoms with E-state index in [0.29, 0.717) is 38.4 Å². The lowest BCUT2D eigenvalue weighted by Gasteiger charge is -2.18. The molecule has 0 saturated carbocycles. The molecule has 2 aromatic rings. The molecule has 0 spiro atoms. The highest BCUT2D eigenvalue weighted by Crippen LogP contribution is 2.35. The number of nitrogens with zero attached hydrogens (tertiary/aromatic N) is 3. The summed E-state index contributed by atoms with van der Waals surface area (Å²) in [4.78, 5) is 2.07. The molecule has 0 amide bonds. The molecule has 1 aromatic heterocycles. The van der Waals surface area contributed by atoms with E-state index in [0.717, 1.165) is 17.8 Å². The molecule has 2 heterocycles. The first kappa shape index (κ1) is 19.4. The Hall–Kier alpha value is -2.39. The topological polar surface area (TPSA) is 67.7 Å². The van der Waals surface area contributed by atoms with E-state index in [-0.39, 0.29) is 12.7 Å². The van der Waals surface area contributed by atoms with Crippen molar-refractivity contribution in [1.82, 2.24) is 15.1 Å². The monoisotopic (exact) mass is 383 g/mol. The number of aliphatic hydroxyl groups is 1. The second kappa shape index (κ2) is 8.53. The molecule has 1 atom stereocenters. The third kappa shape index (κ3) is 5.30. The smallest absolute Gasteiger partial charge is 0.421 e. The van der Waals surface area contributed by atoms with E-state index in [1.54, 1.807) is 24.3 Å². The molecular formula is C18H20F3N3O3. The minimum absolute atomic E-state index is 0.0166. The molecular weight excluding hydrogens is 363 g/mol. The molecule has 1 aliphatic heterocycles. The zero-order valence-corrected chi connectivity index (χ0v) is 14.5. The molecule has 0 aliphatic carbocycles. The van der Waals surface area contributed by atoms with Gasteiger partial charge in [0.25, 0.3) is 0 Å². The Bertz CT molecular complexity index is 741. The normalized spacial score (nSPS) is 17.9. The van der Waals surface area contributed by atoms with Gasteiger partial charge in [0.15, 0.2) is 0 Å². The molecule has 0 radical (unpaired) electrons. The van der Waals surface area contributed by atoms with E-state index < -0.39 is 17.6 Å². The molecule has 0 bridgehead atoms. The fraction of sp³-hybridized carbons (Fsp3) is 0.444. The fourth-order valence-electron chi connectivity index (χ4n) is 2.86. The predicted molar refractivity (Wildman–Crippen MR) is 90.4 cm³/mol. The molecule has 1 N–H and O–H groups in total.